The van der Waals surface area contributed by atoms with Crippen LogP contribution in [0, 0.1) is 6.92 Å². The van der Waals surface area contributed by atoms with Crippen LogP contribution < -0.4 is 19.8 Å². The molecule has 0 bridgehead atoms. The average Bonchev–Trinajstić information content (AvgIpc) is 3.39. The summed E-state index contributed by atoms with van der Waals surface area (Å²) in [5.41, 5.74) is 1.12. The monoisotopic (exact) mass is 471 g/mol. The molecule has 7 heteroatoms. The summed E-state index contributed by atoms with van der Waals surface area (Å²) >= 11 is 0. The normalized spacial score (nSPS) is 13.8. The Hall–Kier alpha value is -3.84. The molecule has 1 aromatic heterocycles. The maximum atomic E-state index is 13.5. The second-order valence-electron chi connectivity index (χ2n) is 8.63. The van der Waals surface area contributed by atoms with E-state index in [2.05, 4.69) is 9.88 Å². The molecule has 7 nitrogen and oxygen atoms in total. The molecule has 0 spiro atoms. The fourth-order valence-electron chi connectivity index (χ4n) is 4.47. The molecule has 0 N–H and O–H groups in total. The summed E-state index contributed by atoms with van der Waals surface area (Å²) in [5, 5.41) is 0.480. The van der Waals surface area contributed by atoms with E-state index in [1.54, 1.807) is 17.7 Å². The number of likely N-dealkylation sites (tertiary alicyclic amines) is 1. The molecule has 4 aromatic rings. The zero-order valence-corrected chi connectivity index (χ0v) is 20.1. The lowest BCUT2D eigenvalue weighted by Crippen LogP contribution is -2.25. The standard InChI is InChI=1S/C28H29N3O4/c1-20-29-25-12-11-23(35-22-8-4-3-5-9-22)19-24(25)28(32)31(20)21-10-13-26(27(18-21)33-2)34-17-16-30-14-6-7-15-30/h3-5,8-13,18-19H,6-7,14-17H2,1-2H3. The van der Waals surface area contributed by atoms with Gasteiger partial charge in [-0.05, 0) is 75.3 Å². The molecule has 35 heavy (non-hydrogen) atoms. The number of aromatic nitrogens is 2. The number of ether oxygens (including phenoxy) is 3. The van der Waals surface area contributed by atoms with Crippen LogP contribution >= 0.6 is 0 Å². The Morgan fingerprint density at radius 1 is 0.914 bits per heavy atom. The highest BCUT2D eigenvalue weighted by Gasteiger charge is 2.15. The van der Waals surface area contributed by atoms with Gasteiger partial charge in [0.2, 0.25) is 0 Å². The lowest BCUT2D eigenvalue weighted by Gasteiger charge is -2.17. The topological polar surface area (TPSA) is 65.8 Å². The molecule has 1 saturated heterocycles. The van der Waals surface area contributed by atoms with Crippen molar-refractivity contribution in [2.24, 2.45) is 0 Å². The summed E-state index contributed by atoms with van der Waals surface area (Å²) in [6.07, 6.45) is 2.51. The smallest absolute Gasteiger partial charge is 0.266 e. The Morgan fingerprint density at radius 3 is 2.49 bits per heavy atom. The molecule has 0 saturated carbocycles. The van der Waals surface area contributed by atoms with Crippen molar-refractivity contribution in [1.82, 2.24) is 14.5 Å². The molecule has 1 aliphatic rings. The average molecular weight is 472 g/mol. The molecule has 3 aromatic carbocycles. The van der Waals surface area contributed by atoms with Crippen LogP contribution in [0.5, 0.6) is 23.0 Å². The predicted molar refractivity (Wildman–Crippen MR) is 136 cm³/mol. The van der Waals surface area contributed by atoms with Gasteiger partial charge in [-0.25, -0.2) is 4.98 Å². The Balaban J connectivity index is 1.44. The third-order valence-electron chi connectivity index (χ3n) is 6.26. The summed E-state index contributed by atoms with van der Waals surface area (Å²) in [6.45, 7) is 5.58. The number of benzene rings is 3. The van der Waals surface area contributed by atoms with Gasteiger partial charge in [0.05, 0.1) is 23.7 Å². The second-order valence-corrected chi connectivity index (χ2v) is 8.63. The first-order valence-corrected chi connectivity index (χ1v) is 11.9. The van der Waals surface area contributed by atoms with Gasteiger partial charge in [0.1, 0.15) is 23.9 Å². The van der Waals surface area contributed by atoms with Crippen LogP contribution in [0.4, 0.5) is 0 Å². The first kappa shape index (κ1) is 22.9. The molecule has 0 atom stereocenters. The SMILES string of the molecule is COc1cc(-n2c(C)nc3ccc(Oc4ccccc4)cc3c2=O)ccc1OCCN1CCCC1. The summed E-state index contributed by atoms with van der Waals surface area (Å²) < 4.78 is 19.1. The van der Waals surface area contributed by atoms with E-state index in [1.807, 2.05) is 67.6 Å². The molecular formula is C28H29N3O4. The fourth-order valence-corrected chi connectivity index (χ4v) is 4.47. The maximum absolute atomic E-state index is 13.5. The van der Waals surface area contributed by atoms with E-state index < -0.39 is 0 Å². The molecule has 0 amide bonds. The third-order valence-corrected chi connectivity index (χ3v) is 6.26. The second kappa shape index (κ2) is 10.2. The van der Waals surface area contributed by atoms with Crippen molar-refractivity contribution in [2.75, 3.05) is 33.4 Å². The number of para-hydroxylation sites is 1. The summed E-state index contributed by atoms with van der Waals surface area (Å²) in [5.74, 6) is 3.11. The Morgan fingerprint density at radius 2 is 1.71 bits per heavy atom. The molecule has 0 radical (unpaired) electrons. The van der Waals surface area contributed by atoms with Gasteiger partial charge in [0.15, 0.2) is 11.5 Å². The van der Waals surface area contributed by atoms with Crippen LogP contribution in [0.25, 0.3) is 16.6 Å². The minimum Gasteiger partial charge on any atom is -0.493 e. The number of hydrogen-bond donors (Lipinski definition) is 0. The molecule has 0 unspecified atom stereocenters. The minimum atomic E-state index is -0.171. The van der Waals surface area contributed by atoms with Crippen molar-refractivity contribution in [3.05, 3.63) is 82.9 Å². The Kier molecular flexibility index (Phi) is 6.68. The van der Waals surface area contributed by atoms with Gasteiger partial charge in [-0.2, -0.15) is 0 Å². The van der Waals surface area contributed by atoms with E-state index in [9.17, 15) is 4.79 Å². The fraction of sp³-hybridized carbons (Fsp3) is 0.286. The highest BCUT2D eigenvalue weighted by molar-refractivity contribution is 5.80. The lowest BCUT2D eigenvalue weighted by atomic mass is 10.2. The largest absolute Gasteiger partial charge is 0.493 e. The van der Waals surface area contributed by atoms with E-state index >= 15 is 0 Å². The number of aryl methyl sites for hydroxylation is 1. The highest BCUT2D eigenvalue weighted by Crippen LogP contribution is 2.30. The van der Waals surface area contributed by atoms with E-state index in [0.717, 1.165) is 19.6 Å². The molecule has 2 heterocycles. The van der Waals surface area contributed by atoms with Gasteiger partial charge in [-0.3, -0.25) is 14.3 Å². The molecule has 180 valence electrons. The van der Waals surface area contributed by atoms with Gasteiger partial charge in [-0.1, -0.05) is 18.2 Å². The van der Waals surface area contributed by atoms with Gasteiger partial charge in [0.25, 0.3) is 5.56 Å². The molecule has 5 rings (SSSR count). The number of fused-ring (bicyclic) bond motifs is 1. The lowest BCUT2D eigenvalue weighted by molar-refractivity contribution is 0.230. The summed E-state index contributed by atoms with van der Waals surface area (Å²) in [7, 11) is 1.61. The van der Waals surface area contributed by atoms with Crippen LogP contribution in [0.2, 0.25) is 0 Å². The van der Waals surface area contributed by atoms with Crippen LogP contribution in [0.3, 0.4) is 0 Å². The first-order chi connectivity index (χ1) is 17.1. The molecular weight excluding hydrogens is 442 g/mol. The van der Waals surface area contributed by atoms with E-state index in [4.69, 9.17) is 14.2 Å². The zero-order valence-electron chi connectivity index (χ0n) is 20.1. The van der Waals surface area contributed by atoms with Crippen molar-refractivity contribution in [2.45, 2.75) is 19.8 Å². The Labute approximate surface area is 204 Å². The van der Waals surface area contributed by atoms with Crippen molar-refractivity contribution in [3.63, 3.8) is 0 Å². The first-order valence-electron chi connectivity index (χ1n) is 11.9. The van der Waals surface area contributed by atoms with Crippen LogP contribution in [0.15, 0.2) is 71.5 Å². The molecule has 1 aliphatic heterocycles. The van der Waals surface area contributed by atoms with Gasteiger partial charge < -0.3 is 14.2 Å². The van der Waals surface area contributed by atoms with Crippen molar-refractivity contribution in [1.29, 1.82) is 0 Å². The van der Waals surface area contributed by atoms with Crippen molar-refractivity contribution < 1.29 is 14.2 Å². The zero-order chi connectivity index (χ0) is 24.2. The maximum Gasteiger partial charge on any atom is 0.266 e. The third kappa shape index (κ3) is 5.00. The number of nitrogens with zero attached hydrogens (tertiary/aromatic N) is 3. The van der Waals surface area contributed by atoms with E-state index in [-0.39, 0.29) is 5.56 Å². The van der Waals surface area contributed by atoms with Gasteiger partial charge in [-0.15, -0.1) is 0 Å². The minimum absolute atomic E-state index is 0.171. The highest BCUT2D eigenvalue weighted by atomic mass is 16.5. The number of rotatable bonds is 8. The van der Waals surface area contributed by atoms with Crippen molar-refractivity contribution in [3.8, 4) is 28.7 Å². The van der Waals surface area contributed by atoms with Crippen molar-refractivity contribution >= 4 is 10.9 Å². The molecule has 0 aliphatic carbocycles. The van der Waals surface area contributed by atoms with Crippen LogP contribution in [-0.2, 0) is 0 Å². The quantitative estimate of drug-likeness (QED) is 0.362. The van der Waals surface area contributed by atoms with Crippen LogP contribution in [0.1, 0.15) is 18.7 Å². The van der Waals surface area contributed by atoms with E-state index in [0.29, 0.717) is 52.0 Å². The number of hydrogen-bond acceptors (Lipinski definition) is 6. The van der Waals surface area contributed by atoms with Gasteiger partial charge >= 0.3 is 0 Å². The summed E-state index contributed by atoms with van der Waals surface area (Å²) in [6, 6.07) is 20.4. The van der Waals surface area contributed by atoms with Gasteiger partial charge in [0, 0.05) is 12.6 Å². The van der Waals surface area contributed by atoms with E-state index in [1.165, 1.54) is 12.8 Å². The van der Waals surface area contributed by atoms with Crippen LogP contribution in [-0.4, -0.2) is 47.8 Å². The summed E-state index contributed by atoms with van der Waals surface area (Å²) in [4.78, 5) is 20.6. The Bertz CT molecular complexity index is 1380. The number of methoxy groups -OCH3 is 1. The molecule has 1 fully saturated rings. The predicted octanol–water partition coefficient (Wildman–Crippen LogP) is 4.97.